The van der Waals surface area contributed by atoms with Crippen LogP contribution in [-0.2, 0) is 4.79 Å². The average Bonchev–Trinajstić information content (AvgIpc) is 2.24. The van der Waals surface area contributed by atoms with Crippen LogP contribution in [0, 0.1) is 18.7 Å². The number of halogens is 2. The highest BCUT2D eigenvalue weighted by molar-refractivity contribution is 6.33. The molecule has 1 unspecified atom stereocenters. The molecule has 0 fully saturated rings. The summed E-state index contributed by atoms with van der Waals surface area (Å²) in [6.45, 7) is 5.30. The van der Waals surface area contributed by atoms with E-state index in [4.69, 9.17) is 17.3 Å². The molecule has 0 aliphatic carbocycles. The van der Waals surface area contributed by atoms with Gasteiger partial charge in [0.2, 0.25) is 5.91 Å². The van der Waals surface area contributed by atoms with Gasteiger partial charge in [-0.15, -0.1) is 0 Å². The van der Waals surface area contributed by atoms with E-state index in [1.54, 1.807) is 6.92 Å². The predicted molar refractivity (Wildman–Crippen MR) is 67.6 cm³/mol. The predicted octanol–water partition coefficient (Wildman–Crippen LogP) is 2.71. The van der Waals surface area contributed by atoms with Crippen molar-refractivity contribution in [1.82, 2.24) is 0 Å². The first kappa shape index (κ1) is 13.9. The summed E-state index contributed by atoms with van der Waals surface area (Å²) in [4.78, 5) is 11.7. The Labute approximate surface area is 105 Å². The summed E-state index contributed by atoms with van der Waals surface area (Å²) in [6.07, 6.45) is 0. The highest BCUT2D eigenvalue weighted by atomic mass is 35.5. The van der Waals surface area contributed by atoms with Gasteiger partial charge in [0.25, 0.3) is 0 Å². The Morgan fingerprint density at radius 1 is 1.47 bits per heavy atom. The topological polar surface area (TPSA) is 55.1 Å². The summed E-state index contributed by atoms with van der Waals surface area (Å²) in [5, 5.41) is 2.76. The van der Waals surface area contributed by atoms with E-state index in [2.05, 4.69) is 5.32 Å². The third kappa shape index (κ3) is 3.41. The van der Waals surface area contributed by atoms with Crippen LogP contribution >= 0.6 is 11.6 Å². The van der Waals surface area contributed by atoms with E-state index >= 15 is 0 Å². The van der Waals surface area contributed by atoms with E-state index < -0.39 is 11.9 Å². The van der Waals surface area contributed by atoms with Crippen molar-refractivity contribution in [2.75, 3.05) is 5.32 Å². The zero-order valence-electron chi connectivity index (χ0n) is 10.1. The van der Waals surface area contributed by atoms with E-state index in [9.17, 15) is 9.18 Å². The number of carbonyl (C=O) groups excluding carboxylic acids is 1. The number of anilines is 1. The smallest absolute Gasteiger partial charge is 0.241 e. The van der Waals surface area contributed by atoms with Gasteiger partial charge in [-0.05, 0) is 30.5 Å². The van der Waals surface area contributed by atoms with Crippen LogP contribution < -0.4 is 11.1 Å². The van der Waals surface area contributed by atoms with Crippen LogP contribution in [0.1, 0.15) is 19.4 Å². The molecule has 5 heteroatoms. The number of amides is 1. The molecule has 0 radical (unpaired) electrons. The Kier molecular flexibility index (Phi) is 4.48. The molecule has 17 heavy (non-hydrogen) atoms. The fraction of sp³-hybridized carbons (Fsp3) is 0.417. The molecule has 1 aromatic carbocycles. The lowest BCUT2D eigenvalue weighted by Gasteiger charge is -2.16. The highest BCUT2D eigenvalue weighted by Gasteiger charge is 2.18. The molecule has 0 saturated carbocycles. The molecule has 0 spiro atoms. The van der Waals surface area contributed by atoms with Gasteiger partial charge in [-0.1, -0.05) is 25.4 Å². The van der Waals surface area contributed by atoms with Crippen molar-refractivity contribution in [2.45, 2.75) is 26.8 Å². The molecule has 3 N–H and O–H groups in total. The van der Waals surface area contributed by atoms with Crippen LogP contribution in [0.5, 0.6) is 0 Å². The summed E-state index contributed by atoms with van der Waals surface area (Å²) < 4.78 is 13.2. The zero-order valence-corrected chi connectivity index (χ0v) is 10.8. The Morgan fingerprint density at radius 3 is 2.59 bits per heavy atom. The van der Waals surface area contributed by atoms with Gasteiger partial charge in [0.05, 0.1) is 16.8 Å². The molecular weight excluding hydrogens is 243 g/mol. The van der Waals surface area contributed by atoms with Gasteiger partial charge < -0.3 is 11.1 Å². The van der Waals surface area contributed by atoms with Gasteiger partial charge in [-0.25, -0.2) is 4.39 Å². The number of nitrogens with one attached hydrogen (secondary N) is 1. The largest absolute Gasteiger partial charge is 0.323 e. The molecule has 0 heterocycles. The lowest BCUT2D eigenvalue weighted by Crippen LogP contribution is -2.39. The third-order valence-electron chi connectivity index (χ3n) is 2.53. The third-order valence-corrected chi connectivity index (χ3v) is 2.84. The van der Waals surface area contributed by atoms with Crippen molar-refractivity contribution in [3.05, 3.63) is 28.5 Å². The van der Waals surface area contributed by atoms with Crippen LogP contribution in [0.25, 0.3) is 0 Å². The minimum atomic E-state index is -0.614. The molecule has 0 bridgehead atoms. The minimum Gasteiger partial charge on any atom is -0.323 e. The van der Waals surface area contributed by atoms with Crippen LogP contribution in [-0.4, -0.2) is 11.9 Å². The van der Waals surface area contributed by atoms with E-state index in [-0.39, 0.29) is 16.8 Å². The van der Waals surface area contributed by atoms with Crippen molar-refractivity contribution < 1.29 is 9.18 Å². The minimum absolute atomic E-state index is 0.0234. The summed E-state index contributed by atoms with van der Waals surface area (Å²) in [7, 11) is 0. The fourth-order valence-corrected chi connectivity index (χ4v) is 1.47. The number of hydrogen-bond acceptors (Lipinski definition) is 2. The maximum absolute atomic E-state index is 13.2. The SMILES string of the molecule is Cc1cc(NC(=O)C(N)C(C)C)c(Cl)cc1F. The molecule has 0 aliphatic rings. The van der Waals surface area contributed by atoms with Gasteiger partial charge >= 0.3 is 0 Å². The fourth-order valence-electron chi connectivity index (χ4n) is 1.27. The summed E-state index contributed by atoms with van der Waals surface area (Å²) in [5.74, 6) is -0.704. The van der Waals surface area contributed by atoms with E-state index in [0.29, 0.717) is 11.3 Å². The molecule has 94 valence electrons. The zero-order chi connectivity index (χ0) is 13.2. The second kappa shape index (κ2) is 5.47. The van der Waals surface area contributed by atoms with Gasteiger partial charge in [0.1, 0.15) is 5.82 Å². The van der Waals surface area contributed by atoms with Crippen molar-refractivity contribution in [2.24, 2.45) is 11.7 Å². The molecule has 1 atom stereocenters. The molecular formula is C12H16ClFN2O. The average molecular weight is 259 g/mol. The van der Waals surface area contributed by atoms with Gasteiger partial charge in [0, 0.05) is 0 Å². The van der Waals surface area contributed by atoms with E-state index in [0.717, 1.165) is 0 Å². The quantitative estimate of drug-likeness (QED) is 0.876. The first-order valence-electron chi connectivity index (χ1n) is 5.35. The van der Waals surface area contributed by atoms with Crippen LogP contribution in [0.2, 0.25) is 5.02 Å². The van der Waals surface area contributed by atoms with Crippen LogP contribution in [0.15, 0.2) is 12.1 Å². The molecule has 1 aromatic rings. The number of benzene rings is 1. The Balaban J connectivity index is 2.89. The first-order valence-corrected chi connectivity index (χ1v) is 5.72. The van der Waals surface area contributed by atoms with Gasteiger partial charge in [-0.3, -0.25) is 4.79 Å². The number of rotatable bonds is 3. The number of nitrogens with two attached hydrogens (primary N) is 1. The highest BCUT2D eigenvalue weighted by Crippen LogP contribution is 2.25. The lowest BCUT2D eigenvalue weighted by molar-refractivity contribution is -0.118. The van der Waals surface area contributed by atoms with Crippen LogP contribution in [0.4, 0.5) is 10.1 Å². The Hall–Kier alpha value is -1.13. The molecule has 0 aliphatic heterocycles. The monoisotopic (exact) mass is 258 g/mol. The molecule has 0 aromatic heterocycles. The number of carbonyl (C=O) groups is 1. The molecule has 1 amide bonds. The first-order chi connectivity index (χ1) is 7.82. The second-order valence-corrected chi connectivity index (χ2v) is 4.75. The Morgan fingerprint density at radius 2 is 2.06 bits per heavy atom. The summed E-state index contributed by atoms with van der Waals surface area (Å²) >= 11 is 5.83. The molecule has 1 rings (SSSR count). The van der Waals surface area contributed by atoms with Gasteiger partial charge in [-0.2, -0.15) is 0 Å². The van der Waals surface area contributed by atoms with Crippen molar-refractivity contribution in [3.63, 3.8) is 0 Å². The second-order valence-electron chi connectivity index (χ2n) is 4.34. The van der Waals surface area contributed by atoms with Crippen LogP contribution in [0.3, 0.4) is 0 Å². The Bertz CT molecular complexity index is 435. The normalized spacial score (nSPS) is 12.6. The standard InChI is InChI=1S/C12H16ClFN2O/c1-6(2)11(15)12(17)16-10-4-7(3)9(14)5-8(10)13/h4-6,11H,15H2,1-3H3,(H,16,17). The molecule has 3 nitrogen and oxygen atoms in total. The maximum atomic E-state index is 13.2. The lowest BCUT2D eigenvalue weighted by atomic mass is 10.0. The van der Waals surface area contributed by atoms with Crippen molar-refractivity contribution >= 4 is 23.2 Å². The van der Waals surface area contributed by atoms with Gasteiger partial charge in [0.15, 0.2) is 0 Å². The summed E-state index contributed by atoms with van der Waals surface area (Å²) in [5.41, 5.74) is 6.50. The van der Waals surface area contributed by atoms with E-state index in [1.807, 2.05) is 13.8 Å². The number of aryl methyl sites for hydroxylation is 1. The maximum Gasteiger partial charge on any atom is 0.241 e. The number of hydrogen-bond donors (Lipinski definition) is 2. The van der Waals surface area contributed by atoms with E-state index in [1.165, 1.54) is 12.1 Å². The van der Waals surface area contributed by atoms with Crippen molar-refractivity contribution in [1.29, 1.82) is 0 Å². The summed E-state index contributed by atoms with van der Waals surface area (Å²) in [6, 6.07) is 2.05. The molecule has 0 saturated heterocycles. The van der Waals surface area contributed by atoms with Crippen molar-refractivity contribution in [3.8, 4) is 0 Å².